The third kappa shape index (κ3) is 5.93. The lowest BCUT2D eigenvalue weighted by Gasteiger charge is -2.26. The smallest absolute Gasteiger partial charge is 0.252 e. The van der Waals surface area contributed by atoms with Crippen LogP contribution in [0.3, 0.4) is 0 Å². The van der Waals surface area contributed by atoms with E-state index < -0.39 is 10.0 Å². The number of nitrogens with one attached hydrogen (secondary N) is 2. The Morgan fingerprint density at radius 1 is 1.16 bits per heavy atom. The predicted molar refractivity (Wildman–Crippen MR) is 98.8 cm³/mol. The molecule has 1 amide bonds. The minimum atomic E-state index is -3.70. The number of amides is 1. The van der Waals surface area contributed by atoms with Crippen LogP contribution < -0.4 is 10.6 Å². The second-order valence-electron chi connectivity index (χ2n) is 5.52. The molecule has 7 nitrogen and oxygen atoms in total. The van der Waals surface area contributed by atoms with Gasteiger partial charge in [0.1, 0.15) is 0 Å². The molecule has 0 radical (unpaired) electrons. The molecule has 0 spiro atoms. The highest BCUT2D eigenvalue weighted by Crippen LogP contribution is 2.21. The molecule has 2 N–H and O–H groups in total. The van der Waals surface area contributed by atoms with Gasteiger partial charge < -0.3 is 15.4 Å². The normalized spacial score (nSPS) is 15.4. The van der Waals surface area contributed by atoms with Gasteiger partial charge in [-0.15, -0.1) is 12.4 Å². The Morgan fingerprint density at radius 3 is 2.52 bits per heavy atom. The van der Waals surface area contributed by atoms with Crippen LogP contribution in [-0.4, -0.2) is 64.6 Å². The van der Waals surface area contributed by atoms with E-state index in [1.807, 2.05) is 0 Å². The summed E-state index contributed by atoms with van der Waals surface area (Å²) >= 11 is 0. The van der Waals surface area contributed by atoms with Gasteiger partial charge in [-0.25, -0.2) is 8.42 Å². The molecule has 0 bridgehead atoms. The fraction of sp³-hybridized carbons (Fsp3) is 0.562. The molecule has 2 rings (SSSR count). The molecular weight excluding hydrogens is 366 g/mol. The number of carbonyl (C=O) groups excluding carboxylic acids is 1. The molecule has 1 fully saturated rings. The van der Waals surface area contributed by atoms with Gasteiger partial charge in [-0.3, -0.25) is 4.79 Å². The van der Waals surface area contributed by atoms with Gasteiger partial charge in [0.2, 0.25) is 10.0 Å². The Morgan fingerprint density at radius 2 is 1.84 bits per heavy atom. The van der Waals surface area contributed by atoms with Crippen LogP contribution in [0, 0.1) is 0 Å². The maximum Gasteiger partial charge on any atom is 0.252 e. The molecule has 0 aromatic heterocycles. The number of hydrogen-bond donors (Lipinski definition) is 2. The number of hydrogen-bond acceptors (Lipinski definition) is 5. The molecule has 1 heterocycles. The number of rotatable bonds is 8. The molecule has 1 aliphatic heterocycles. The van der Waals surface area contributed by atoms with E-state index in [4.69, 9.17) is 4.74 Å². The summed E-state index contributed by atoms with van der Waals surface area (Å²) in [7, 11) is -3.70. The first-order valence-corrected chi connectivity index (χ1v) is 9.67. The zero-order chi connectivity index (χ0) is 17.4. The quantitative estimate of drug-likeness (QED) is 0.642. The Hall–Kier alpha value is -1.19. The Bertz CT molecular complexity index is 649. The van der Waals surface area contributed by atoms with E-state index in [0.717, 1.165) is 13.0 Å². The molecule has 25 heavy (non-hydrogen) atoms. The summed E-state index contributed by atoms with van der Waals surface area (Å²) in [5, 5.41) is 5.95. The van der Waals surface area contributed by atoms with Gasteiger partial charge >= 0.3 is 0 Å². The van der Waals surface area contributed by atoms with Crippen molar-refractivity contribution in [3.63, 3.8) is 0 Å². The van der Waals surface area contributed by atoms with Gasteiger partial charge in [-0.1, -0.05) is 19.1 Å². The van der Waals surface area contributed by atoms with E-state index >= 15 is 0 Å². The molecular formula is C16H26ClN3O4S. The zero-order valence-electron chi connectivity index (χ0n) is 14.4. The van der Waals surface area contributed by atoms with Gasteiger partial charge in [0.25, 0.3) is 5.91 Å². The van der Waals surface area contributed by atoms with E-state index in [9.17, 15) is 13.2 Å². The summed E-state index contributed by atoms with van der Waals surface area (Å²) in [6, 6.07) is 6.33. The summed E-state index contributed by atoms with van der Waals surface area (Å²) in [6.45, 7) is 5.41. The molecule has 0 unspecified atom stereocenters. The minimum Gasteiger partial charge on any atom is -0.379 e. The second-order valence-corrected chi connectivity index (χ2v) is 7.42. The lowest BCUT2D eigenvalue weighted by molar-refractivity contribution is 0.0730. The number of halogens is 1. The molecule has 1 saturated heterocycles. The third-order valence-corrected chi connectivity index (χ3v) is 5.69. The summed E-state index contributed by atoms with van der Waals surface area (Å²) in [5.41, 5.74) is 0.180. The molecule has 1 aromatic carbocycles. The van der Waals surface area contributed by atoms with E-state index in [2.05, 4.69) is 17.6 Å². The van der Waals surface area contributed by atoms with Crippen LogP contribution >= 0.6 is 12.4 Å². The number of sulfonamides is 1. The third-order valence-electron chi connectivity index (χ3n) is 3.73. The van der Waals surface area contributed by atoms with Gasteiger partial charge in [-0.05, 0) is 25.1 Å². The highest BCUT2D eigenvalue weighted by Gasteiger charge is 2.29. The topological polar surface area (TPSA) is 87.7 Å². The first-order chi connectivity index (χ1) is 11.6. The van der Waals surface area contributed by atoms with Crippen molar-refractivity contribution in [2.45, 2.75) is 18.2 Å². The van der Waals surface area contributed by atoms with E-state index in [1.165, 1.54) is 10.4 Å². The molecule has 0 saturated carbocycles. The van der Waals surface area contributed by atoms with Gasteiger partial charge in [0, 0.05) is 26.2 Å². The zero-order valence-corrected chi connectivity index (χ0v) is 16.0. The van der Waals surface area contributed by atoms with E-state index in [1.54, 1.807) is 18.2 Å². The van der Waals surface area contributed by atoms with Gasteiger partial charge in [0.15, 0.2) is 0 Å². The molecule has 0 aliphatic carbocycles. The largest absolute Gasteiger partial charge is 0.379 e. The van der Waals surface area contributed by atoms with Crippen molar-refractivity contribution in [2.75, 3.05) is 45.9 Å². The lowest BCUT2D eigenvalue weighted by Crippen LogP contribution is -2.41. The minimum absolute atomic E-state index is 0. The van der Waals surface area contributed by atoms with Crippen molar-refractivity contribution < 1.29 is 17.9 Å². The van der Waals surface area contributed by atoms with E-state index in [-0.39, 0.29) is 28.8 Å². The van der Waals surface area contributed by atoms with Gasteiger partial charge in [-0.2, -0.15) is 4.31 Å². The van der Waals surface area contributed by atoms with Crippen LogP contribution in [0.1, 0.15) is 23.7 Å². The number of benzene rings is 1. The molecule has 0 atom stereocenters. The molecule has 9 heteroatoms. The highest BCUT2D eigenvalue weighted by molar-refractivity contribution is 7.89. The molecule has 142 valence electrons. The summed E-state index contributed by atoms with van der Waals surface area (Å²) in [6.07, 6.45) is 1.02. The van der Waals surface area contributed by atoms with Crippen LogP contribution in [0.4, 0.5) is 0 Å². The fourth-order valence-electron chi connectivity index (χ4n) is 2.47. The van der Waals surface area contributed by atoms with Crippen molar-refractivity contribution in [3.8, 4) is 0 Å². The number of nitrogens with zero attached hydrogens (tertiary/aromatic N) is 1. The highest BCUT2D eigenvalue weighted by atomic mass is 35.5. The molecule has 1 aliphatic rings. The summed E-state index contributed by atoms with van der Waals surface area (Å²) in [4.78, 5) is 12.4. The number of ether oxygens (including phenoxy) is 1. The van der Waals surface area contributed by atoms with Crippen molar-refractivity contribution in [3.05, 3.63) is 29.8 Å². The Balaban J connectivity index is 0.00000312. The lowest BCUT2D eigenvalue weighted by atomic mass is 10.2. The van der Waals surface area contributed by atoms with Gasteiger partial charge in [0.05, 0.1) is 23.7 Å². The average Bonchev–Trinajstić information content (AvgIpc) is 2.62. The number of carbonyl (C=O) groups is 1. The monoisotopic (exact) mass is 391 g/mol. The summed E-state index contributed by atoms with van der Waals surface area (Å²) < 4.78 is 32.2. The van der Waals surface area contributed by atoms with Crippen LogP contribution in [0.5, 0.6) is 0 Å². The predicted octanol–water partition coefficient (Wildman–Crippen LogP) is 0.859. The fourth-order valence-corrected chi connectivity index (χ4v) is 4.06. The summed E-state index contributed by atoms with van der Waals surface area (Å²) in [5.74, 6) is -0.374. The van der Waals surface area contributed by atoms with Crippen LogP contribution in [-0.2, 0) is 14.8 Å². The Kier molecular flexibility index (Phi) is 9.37. The molecule has 1 aromatic rings. The van der Waals surface area contributed by atoms with Crippen LogP contribution in [0.15, 0.2) is 29.2 Å². The SMILES string of the molecule is CCCNCCNC(=O)c1ccccc1S(=O)(=O)N1CCOCC1.Cl. The maximum absolute atomic E-state index is 12.8. The second kappa shape index (κ2) is 10.7. The van der Waals surface area contributed by atoms with Crippen molar-refractivity contribution >= 4 is 28.3 Å². The van der Waals surface area contributed by atoms with Crippen molar-refractivity contribution in [1.82, 2.24) is 14.9 Å². The standard InChI is InChI=1S/C16H25N3O4S.ClH/c1-2-7-17-8-9-18-16(20)14-5-3-4-6-15(14)24(21,22)19-10-12-23-13-11-19;/h3-6,17H,2,7-13H2,1H3,(H,18,20);1H. The number of morpholine rings is 1. The van der Waals surface area contributed by atoms with Crippen molar-refractivity contribution in [1.29, 1.82) is 0 Å². The first kappa shape index (κ1) is 21.9. The average molecular weight is 392 g/mol. The Labute approximate surface area is 155 Å². The van der Waals surface area contributed by atoms with Crippen molar-refractivity contribution in [2.24, 2.45) is 0 Å². The maximum atomic E-state index is 12.8. The van der Waals surface area contributed by atoms with Crippen LogP contribution in [0.2, 0.25) is 0 Å². The first-order valence-electron chi connectivity index (χ1n) is 8.23. The van der Waals surface area contributed by atoms with Crippen LogP contribution in [0.25, 0.3) is 0 Å². The van der Waals surface area contributed by atoms with E-state index in [0.29, 0.717) is 39.4 Å².